The summed E-state index contributed by atoms with van der Waals surface area (Å²) in [6.07, 6.45) is 4.72. The van der Waals surface area contributed by atoms with Crippen molar-refractivity contribution in [1.29, 1.82) is 0 Å². The molecule has 44 heavy (non-hydrogen) atoms. The summed E-state index contributed by atoms with van der Waals surface area (Å²) in [5, 5.41) is 0. The largest absolute Gasteiger partial charge is 0.330 e. The van der Waals surface area contributed by atoms with E-state index in [4.69, 9.17) is 0 Å². The summed E-state index contributed by atoms with van der Waals surface area (Å²) in [5.74, 6) is 0.470. The standard InChI is InChI=1S/C43H35N/c1-30-24-25-33-18-8-9-20-38(33)43-29-41(39-21-11-10-19-37(30)39)40-22-12-13-23-42(40)44(43)36-27-34(31-14-4-2-5-15-31)26-35(28-36)32-16-6-3-7-17-32/h2-23,26-30,43H,24-25H2,1H3. The van der Waals surface area contributed by atoms with Gasteiger partial charge in [0.25, 0.3) is 0 Å². The van der Waals surface area contributed by atoms with Crippen LogP contribution in [0.15, 0.2) is 158 Å². The fraction of sp³-hybridized carbons (Fsp3) is 0.116. The van der Waals surface area contributed by atoms with Crippen LogP contribution in [-0.2, 0) is 6.42 Å². The Hall–Kier alpha value is -5.14. The Kier molecular flexibility index (Phi) is 6.72. The molecule has 1 aliphatic carbocycles. The zero-order valence-corrected chi connectivity index (χ0v) is 25.0. The summed E-state index contributed by atoms with van der Waals surface area (Å²) >= 11 is 0. The molecule has 2 aliphatic rings. The van der Waals surface area contributed by atoms with Gasteiger partial charge in [-0.2, -0.15) is 0 Å². The van der Waals surface area contributed by atoms with Crippen molar-refractivity contribution in [2.45, 2.75) is 31.7 Å². The molecule has 1 heteroatoms. The predicted octanol–water partition coefficient (Wildman–Crippen LogP) is 11.4. The molecule has 6 aromatic rings. The average Bonchev–Trinajstić information content (AvgIpc) is 3.10. The van der Waals surface area contributed by atoms with E-state index in [1.807, 2.05) is 0 Å². The normalized spacial score (nSPS) is 17.1. The summed E-state index contributed by atoms with van der Waals surface area (Å²) in [6.45, 7) is 2.39. The fourth-order valence-electron chi connectivity index (χ4n) is 7.24. The summed E-state index contributed by atoms with van der Waals surface area (Å²) in [6, 6.07) is 55.9. The number of nitrogens with zero attached hydrogens (tertiary/aromatic N) is 1. The molecular formula is C43H35N. The predicted molar refractivity (Wildman–Crippen MR) is 185 cm³/mol. The second-order valence-electron chi connectivity index (χ2n) is 12.1. The van der Waals surface area contributed by atoms with E-state index >= 15 is 0 Å². The Balaban J connectivity index is 1.42. The van der Waals surface area contributed by atoms with Gasteiger partial charge in [0.1, 0.15) is 0 Å². The molecule has 0 N–H and O–H groups in total. The van der Waals surface area contributed by atoms with E-state index in [9.17, 15) is 0 Å². The highest BCUT2D eigenvalue weighted by Gasteiger charge is 2.33. The minimum absolute atomic E-state index is 0.0483. The van der Waals surface area contributed by atoms with Crippen LogP contribution in [0, 0.1) is 0 Å². The second kappa shape index (κ2) is 11.2. The maximum absolute atomic E-state index is 2.59. The molecule has 212 valence electrons. The maximum Gasteiger partial charge on any atom is 0.0787 e. The van der Waals surface area contributed by atoms with Crippen molar-refractivity contribution >= 4 is 16.9 Å². The van der Waals surface area contributed by atoms with Gasteiger partial charge in [-0.3, -0.25) is 0 Å². The van der Waals surface area contributed by atoms with Gasteiger partial charge in [0, 0.05) is 16.9 Å². The van der Waals surface area contributed by atoms with E-state index < -0.39 is 0 Å². The Morgan fingerprint density at radius 3 is 1.80 bits per heavy atom. The minimum Gasteiger partial charge on any atom is -0.330 e. The van der Waals surface area contributed by atoms with Gasteiger partial charge in [0.2, 0.25) is 0 Å². The summed E-state index contributed by atoms with van der Waals surface area (Å²) in [5.41, 5.74) is 15.6. The van der Waals surface area contributed by atoms with Crippen molar-refractivity contribution in [2.75, 3.05) is 4.90 Å². The first kappa shape index (κ1) is 26.5. The van der Waals surface area contributed by atoms with Gasteiger partial charge in [-0.05, 0) is 99.2 Å². The quantitative estimate of drug-likeness (QED) is 0.206. The number of para-hydroxylation sites is 1. The topological polar surface area (TPSA) is 3.24 Å². The first-order valence-corrected chi connectivity index (χ1v) is 15.8. The lowest BCUT2D eigenvalue weighted by atomic mass is 9.79. The molecule has 1 aliphatic heterocycles. The molecule has 2 atom stereocenters. The molecular weight excluding hydrogens is 530 g/mol. The smallest absolute Gasteiger partial charge is 0.0787 e. The lowest BCUT2D eigenvalue weighted by Crippen LogP contribution is -2.28. The zero-order chi connectivity index (χ0) is 29.5. The summed E-state index contributed by atoms with van der Waals surface area (Å²) < 4.78 is 0. The van der Waals surface area contributed by atoms with Crippen molar-refractivity contribution in [2.24, 2.45) is 0 Å². The van der Waals surface area contributed by atoms with Crippen LogP contribution in [0.25, 0.3) is 27.8 Å². The van der Waals surface area contributed by atoms with Crippen LogP contribution >= 0.6 is 0 Å². The Morgan fingerprint density at radius 1 is 0.523 bits per heavy atom. The van der Waals surface area contributed by atoms with Crippen molar-refractivity contribution in [3.8, 4) is 22.3 Å². The van der Waals surface area contributed by atoms with E-state index in [1.165, 1.54) is 67.0 Å². The number of hydrogen-bond donors (Lipinski definition) is 0. The SMILES string of the molecule is CC1CCc2ccccc2C2C=C(c3ccccc31)c1ccccc1N2c1cc(-c2ccccc2)cc(-c2ccccc2)c1. The third-order valence-electron chi connectivity index (χ3n) is 9.47. The second-order valence-corrected chi connectivity index (χ2v) is 12.1. The average molecular weight is 566 g/mol. The molecule has 0 spiro atoms. The van der Waals surface area contributed by atoms with Crippen molar-refractivity contribution < 1.29 is 0 Å². The third-order valence-corrected chi connectivity index (χ3v) is 9.47. The highest BCUT2D eigenvalue weighted by molar-refractivity contribution is 5.94. The summed E-state index contributed by atoms with van der Waals surface area (Å²) in [4.78, 5) is 2.59. The molecule has 0 saturated carbocycles. The van der Waals surface area contributed by atoms with Crippen LogP contribution in [-0.4, -0.2) is 0 Å². The number of benzene rings is 6. The molecule has 1 heterocycles. The van der Waals surface area contributed by atoms with Crippen LogP contribution in [0.5, 0.6) is 0 Å². The Labute approximate surface area is 260 Å². The lowest BCUT2D eigenvalue weighted by molar-refractivity contribution is 0.668. The number of fused-ring (bicyclic) bond motifs is 7. The molecule has 1 nitrogen and oxygen atoms in total. The molecule has 0 aromatic heterocycles. The molecule has 2 bridgehead atoms. The van der Waals surface area contributed by atoms with E-state index in [1.54, 1.807) is 0 Å². The van der Waals surface area contributed by atoms with E-state index in [0.29, 0.717) is 5.92 Å². The van der Waals surface area contributed by atoms with Gasteiger partial charge < -0.3 is 4.90 Å². The number of rotatable bonds is 3. The van der Waals surface area contributed by atoms with Gasteiger partial charge in [-0.1, -0.05) is 134 Å². The number of aryl methyl sites for hydroxylation is 1. The molecule has 8 rings (SSSR count). The highest BCUT2D eigenvalue weighted by Crippen LogP contribution is 2.50. The molecule has 0 amide bonds. The van der Waals surface area contributed by atoms with Gasteiger partial charge in [0.15, 0.2) is 0 Å². The number of hydrogen-bond acceptors (Lipinski definition) is 1. The van der Waals surface area contributed by atoms with Gasteiger partial charge in [-0.25, -0.2) is 0 Å². The van der Waals surface area contributed by atoms with Gasteiger partial charge >= 0.3 is 0 Å². The number of anilines is 2. The van der Waals surface area contributed by atoms with E-state index in [-0.39, 0.29) is 6.04 Å². The molecule has 2 unspecified atom stereocenters. The zero-order valence-electron chi connectivity index (χ0n) is 25.0. The molecule has 0 fully saturated rings. The highest BCUT2D eigenvalue weighted by atomic mass is 15.2. The minimum atomic E-state index is 0.0483. The Bertz CT molecular complexity index is 1930. The van der Waals surface area contributed by atoms with Crippen molar-refractivity contribution in [3.63, 3.8) is 0 Å². The van der Waals surface area contributed by atoms with Gasteiger partial charge in [-0.15, -0.1) is 0 Å². The third kappa shape index (κ3) is 4.66. The van der Waals surface area contributed by atoms with Crippen LogP contribution < -0.4 is 4.90 Å². The van der Waals surface area contributed by atoms with Crippen molar-refractivity contribution in [3.05, 3.63) is 186 Å². The van der Waals surface area contributed by atoms with Crippen LogP contribution in [0.1, 0.15) is 53.1 Å². The van der Waals surface area contributed by atoms with Gasteiger partial charge in [0.05, 0.1) is 6.04 Å². The molecule has 0 radical (unpaired) electrons. The first-order chi connectivity index (χ1) is 21.7. The monoisotopic (exact) mass is 565 g/mol. The van der Waals surface area contributed by atoms with Crippen LogP contribution in [0.4, 0.5) is 11.4 Å². The first-order valence-electron chi connectivity index (χ1n) is 15.8. The van der Waals surface area contributed by atoms with E-state index in [2.05, 4.69) is 170 Å². The van der Waals surface area contributed by atoms with Crippen LogP contribution in [0.2, 0.25) is 0 Å². The fourth-order valence-corrected chi connectivity index (χ4v) is 7.24. The lowest BCUT2D eigenvalue weighted by Gasteiger charge is -2.40. The molecule has 6 aromatic carbocycles. The molecule has 0 saturated heterocycles. The summed E-state index contributed by atoms with van der Waals surface area (Å²) in [7, 11) is 0. The van der Waals surface area contributed by atoms with Crippen molar-refractivity contribution in [1.82, 2.24) is 0 Å². The van der Waals surface area contributed by atoms with E-state index in [0.717, 1.165) is 12.8 Å². The maximum atomic E-state index is 2.59. The van der Waals surface area contributed by atoms with Crippen LogP contribution in [0.3, 0.4) is 0 Å². The Morgan fingerprint density at radius 2 is 1.09 bits per heavy atom.